The molecule has 2 N–H and O–H groups in total. The number of phenolic OH excluding ortho intramolecular Hbond substituents is 1. The van der Waals surface area contributed by atoms with Crippen molar-refractivity contribution in [2.24, 2.45) is 0 Å². The topological polar surface area (TPSA) is 96.7 Å². The normalized spacial score (nSPS) is 10.6. The third kappa shape index (κ3) is 4.99. The van der Waals surface area contributed by atoms with Crippen LogP contribution in [0.5, 0.6) is 11.5 Å². The van der Waals surface area contributed by atoms with E-state index in [4.69, 9.17) is 9.84 Å². The number of aromatic carboxylic acids is 1. The summed E-state index contributed by atoms with van der Waals surface area (Å²) in [6, 6.07) is 14.3. The number of Topliss-reactive ketones (excluding diaryl/α,β-unsaturated/α-hetero) is 1. The SMILES string of the molecule is CCc1c(OCc2cccc(Sc3ccc(C(=O)O)nc3)c2)ccc(C(C)=O)c1O. The Hall–Kier alpha value is -3.32. The van der Waals surface area contributed by atoms with Crippen LogP contribution in [0, 0.1) is 0 Å². The maximum atomic E-state index is 11.6. The molecule has 7 heteroatoms. The van der Waals surface area contributed by atoms with Crippen LogP contribution in [0.25, 0.3) is 0 Å². The molecule has 0 saturated heterocycles. The number of carbonyl (C=O) groups excluding carboxylic acids is 1. The Kier molecular flexibility index (Phi) is 6.74. The number of hydrogen-bond donors (Lipinski definition) is 2. The second kappa shape index (κ2) is 9.45. The lowest BCUT2D eigenvalue weighted by atomic mass is 10.0. The fraction of sp³-hybridized carbons (Fsp3) is 0.174. The van der Waals surface area contributed by atoms with E-state index < -0.39 is 5.97 Å². The van der Waals surface area contributed by atoms with Gasteiger partial charge in [-0.2, -0.15) is 0 Å². The van der Waals surface area contributed by atoms with Crippen molar-refractivity contribution in [3.63, 3.8) is 0 Å². The summed E-state index contributed by atoms with van der Waals surface area (Å²) in [5.74, 6) is -0.723. The first kappa shape index (κ1) is 21.4. The fourth-order valence-corrected chi connectivity index (χ4v) is 3.81. The molecule has 0 amide bonds. The Labute approximate surface area is 178 Å². The molecule has 0 unspecified atom stereocenters. The third-order valence-electron chi connectivity index (χ3n) is 4.46. The highest BCUT2D eigenvalue weighted by Gasteiger charge is 2.15. The second-order valence-electron chi connectivity index (χ2n) is 6.57. The molecule has 1 aromatic heterocycles. The number of ketones is 1. The molecule has 0 fully saturated rings. The van der Waals surface area contributed by atoms with E-state index in [1.165, 1.54) is 30.9 Å². The lowest BCUT2D eigenvalue weighted by Gasteiger charge is -2.14. The molecule has 3 rings (SSSR count). The number of ether oxygens (including phenoxy) is 1. The summed E-state index contributed by atoms with van der Waals surface area (Å²) >= 11 is 1.47. The molecule has 6 nitrogen and oxygen atoms in total. The van der Waals surface area contributed by atoms with E-state index in [0.29, 0.717) is 29.9 Å². The summed E-state index contributed by atoms with van der Waals surface area (Å²) in [7, 11) is 0. The number of benzene rings is 2. The largest absolute Gasteiger partial charge is 0.507 e. The van der Waals surface area contributed by atoms with E-state index in [1.807, 2.05) is 31.2 Å². The zero-order valence-electron chi connectivity index (χ0n) is 16.6. The summed E-state index contributed by atoms with van der Waals surface area (Å²) in [5.41, 5.74) is 1.84. The first-order valence-electron chi connectivity index (χ1n) is 9.33. The molecule has 0 aliphatic heterocycles. The lowest BCUT2D eigenvalue weighted by Crippen LogP contribution is -2.02. The molecule has 0 saturated carbocycles. The van der Waals surface area contributed by atoms with Crippen molar-refractivity contribution in [2.45, 2.75) is 36.7 Å². The van der Waals surface area contributed by atoms with Gasteiger partial charge in [0.05, 0.1) is 5.56 Å². The van der Waals surface area contributed by atoms with Crippen LogP contribution in [-0.2, 0) is 13.0 Å². The molecule has 2 aromatic carbocycles. The molecule has 0 aliphatic rings. The maximum Gasteiger partial charge on any atom is 0.354 e. The summed E-state index contributed by atoms with van der Waals surface area (Å²) < 4.78 is 5.92. The molecule has 3 aromatic rings. The Bertz CT molecular complexity index is 1080. The van der Waals surface area contributed by atoms with Crippen LogP contribution < -0.4 is 4.74 Å². The summed E-state index contributed by atoms with van der Waals surface area (Å²) in [6.45, 7) is 3.62. The van der Waals surface area contributed by atoms with Gasteiger partial charge in [0.2, 0.25) is 0 Å². The molecular weight excluding hydrogens is 402 g/mol. The van der Waals surface area contributed by atoms with E-state index >= 15 is 0 Å². The number of carboxylic acids is 1. The molecule has 0 aliphatic carbocycles. The van der Waals surface area contributed by atoms with E-state index in [1.54, 1.807) is 18.2 Å². The summed E-state index contributed by atoms with van der Waals surface area (Å²) in [6.07, 6.45) is 2.07. The van der Waals surface area contributed by atoms with Gasteiger partial charge < -0.3 is 14.9 Å². The highest BCUT2D eigenvalue weighted by Crippen LogP contribution is 2.33. The minimum atomic E-state index is -1.06. The van der Waals surface area contributed by atoms with Gasteiger partial charge in [0.15, 0.2) is 5.78 Å². The molecule has 1 heterocycles. The first-order valence-corrected chi connectivity index (χ1v) is 10.2. The minimum Gasteiger partial charge on any atom is -0.507 e. The van der Waals surface area contributed by atoms with Crippen LogP contribution in [0.4, 0.5) is 0 Å². The van der Waals surface area contributed by atoms with Gasteiger partial charge in [-0.25, -0.2) is 9.78 Å². The highest BCUT2D eigenvalue weighted by atomic mass is 32.2. The van der Waals surface area contributed by atoms with Crippen molar-refractivity contribution in [1.29, 1.82) is 0 Å². The molecule has 30 heavy (non-hydrogen) atoms. The number of hydrogen-bond acceptors (Lipinski definition) is 6. The van der Waals surface area contributed by atoms with Gasteiger partial charge in [-0.1, -0.05) is 30.8 Å². The smallest absolute Gasteiger partial charge is 0.354 e. The van der Waals surface area contributed by atoms with Crippen molar-refractivity contribution in [3.8, 4) is 11.5 Å². The minimum absolute atomic E-state index is 0.00673. The number of carboxylic acid groups (broad SMARTS) is 1. The third-order valence-corrected chi connectivity index (χ3v) is 5.42. The fourth-order valence-electron chi connectivity index (χ4n) is 2.94. The molecule has 0 bridgehead atoms. The number of carbonyl (C=O) groups is 2. The summed E-state index contributed by atoms with van der Waals surface area (Å²) in [5, 5.41) is 19.3. The van der Waals surface area contributed by atoms with Crippen molar-refractivity contribution in [3.05, 3.63) is 77.1 Å². The van der Waals surface area contributed by atoms with Crippen LogP contribution in [0.1, 0.15) is 45.8 Å². The van der Waals surface area contributed by atoms with Crippen LogP contribution in [0.2, 0.25) is 0 Å². The van der Waals surface area contributed by atoms with Crippen molar-refractivity contribution in [2.75, 3.05) is 0 Å². The number of phenols is 1. The van der Waals surface area contributed by atoms with E-state index in [0.717, 1.165) is 15.4 Å². The monoisotopic (exact) mass is 423 g/mol. The van der Waals surface area contributed by atoms with E-state index in [9.17, 15) is 14.7 Å². The molecular formula is C23H21NO5S. The van der Waals surface area contributed by atoms with Gasteiger partial charge in [-0.05, 0) is 55.3 Å². The van der Waals surface area contributed by atoms with Gasteiger partial charge in [0.1, 0.15) is 23.8 Å². The van der Waals surface area contributed by atoms with Gasteiger partial charge in [0, 0.05) is 21.6 Å². The number of rotatable bonds is 8. The van der Waals surface area contributed by atoms with Gasteiger partial charge in [-0.15, -0.1) is 0 Å². The molecule has 154 valence electrons. The first-order chi connectivity index (χ1) is 14.4. The number of aromatic nitrogens is 1. The number of nitrogens with zero attached hydrogens (tertiary/aromatic N) is 1. The van der Waals surface area contributed by atoms with Crippen molar-refractivity contribution < 1.29 is 24.5 Å². The Morgan fingerprint density at radius 2 is 1.90 bits per heavy atom. The van der Waals surface area contributed by atoms with Gasteiger partial charge in [-0.3, -0.25) is 4.79 Å². The van der Waals surface area contributed by atoms with Gasteiger partial charge >= 0.3 is 5.97 Å². The quantitative estimate of drug-likeness (QED) is 0.493. The van der Waals surface area contributed by atoms with E-state index in [-0.39, 0.29) is 17.2 Å². The lowest BCUT2D eigenvalue weighted by molar-refractivity contribution is 0.0690. The van der Waals surface area contributed by atoms with Crippen LogP contribution in [0.15, 0.2) is 64.5 Å². The Morgan fingerprint density at radius 1 is 1.10 bits per heavy atom. The Morgan fingerprint density at radius 3 is 2.53 bits per heavy atom. The molecule has 0 spiro atoms. The maximum absolute atomic E-state index is 11.6. The zero-order chi connectivity index (χ0) is 21.7. The van der Waals surface area contributed by atoms with Crippen LogP contribution in [-0.4, -0.2) is 26.9 Å². The van der Waals surface area contributed by atoms with Gasteiger partial charge in [0.25, 0.3) is 0 Å². The van der Waals surface area contributed by atoms with E-state index in [2.05, 4.69) is 4.98 Å². The molecule has 0 radical (unpaired) electrons. The van der Waals surface area contributed by atoms with Crippen molar-refractivity contribution >= 4 is 23.5 Å². The average Bonchev–Trinajstić information content (AvgIpc) is 2.72. The predicted octanol–water partition coefficient (Wildman–Crippen LogP) is 4.98. The Balaban J connectivity index is 1.72. The number of aromatic hydroxyl groups is 1. The summed E-state index contributed by atoms with van der Waals surface area (Å²) in [4.78, 5) is 28.3. The standard InChI is InChI=1S/C23H21NO5S/c1-3-18-21(10-8-19(14(2)25)22(18)26)29-13-15-5-4-6-16(11-15)30-17-7-9-20(23(27)28)24-12-17/h4-12,26H,3,13H2,1-2H3,(H,27,28). The highest BCUT2D eigenvalue weighted by molar-refractivity contribution is 7.99. The van der Waals surface area contributed by atoms with Crippen LogP contribution in [0.3, 0.4) is 0 Å². The second-order valence-corrected chi connectivity index (χ2v) is 7.72. The zero-order valence-corrected chi connectivity index (χ0v) is 17.4. The average molecular weight is 423 g/mol. The molecule has 0 atom stereocenters. The predicted molar refractivity (Wildman–Crippen MR) is 114 cm³/mol. The van der Waals surface area contributed by atoms with Crippen molar-refractivity contribution in [1.82, 2.24) is 4.98 Å². The van der Waals surface area contributed by atoms with Crippen LogP contribution >= 0.6 is 11.8 Å². The number of pyridine rings is 1.